The predicted molar refractivity (Wildman–Crippen MR) is 68.4 cm³/mol. The van der Waals surface area contributed by atoms with Crippen molar-refractivity contribution in [3.05, 3.63) is 47.8 Å². The lowest BCUT2D eigenvalue weighted by atomic mass is 9.98. The molecule has 1 aliphatic rings. The van der Waals surface area contributed by atoms with E-state index in [4.69, 9.17) is 0 Å². The Kier molecular flexibility index (Phi) is 2.74. The molecule has 1 aromatic heterocycles. The summed E-state index contributed by atoms with van der Waals surface area (Å²) in [6.45, 7) is 0. The van der Waals surface area contributed by atoms with Crippen molar-refractivity contribution >= 4 is 11.6 Å². The first kappa shape index (κ1) is 10.3. The summed E-state index contributed by atoms with van der Waals surface area (Å²) in [5.41, 5.74) is 3.56. The van der Waals surface area contributed by atoms with Gasteiger partial charge in [-0.1, -0.05) is 18.2 Å². The van der Waals surface area contributed by atoms with Crippen molar-refractivity contribution in [2.24, 2.45) is 0 Å². The van der Waals surface area contributed by atoms with Gasteiger partial charge in [-0.3, -0.25) is 0 Å². The summed E-state index contributed by atoms with van der Waals surface area (Å²) in [6.07, 6.45) is 6.69. The van der Waals surface area contributed by atoms with Crippen LogP contribution in [-0.2, 0) is 12.8 Å². The lowest BCUT2D eigenvalue weighted by molar-refractivity contribution is 0.663. The molecule has 0 radical (unpaired) electrons. The highest BCUT2D eigenvalue weighted by Gasteiger charge is 2.11. The average molecular weight is 225 g/mol. The maximum absolute atomic E-state index is 4.59. The lowest BCUT2D eigenvalue weighted by Crippen LogP contribution is -2.08. The zero-order valence-corrected chi connectivity index (χ0v) is 9.69. The summed E-state index contributed by atoms with van der Waals surface area (Å²) in [5.74, 6) is 0.705. The van der Waals surface area contributed by atoms with Gasteiger partial charge in [-0.15, -0.1) is 0 Å². The van der Waals surface area contributed by atoms with Gasteiger partial charge in [-0.2, -0.15) is 0 Å². The molecule has 1 aromatic carbocycles. The van der Waals surface area contributed by atoms with E-state index in [0.29, 0.717) is 5.95 Å². The average Bonchev–Trinajstić information content (AvgIpc) is 2.40. The Morgan fingerprint density at radius 3 is 2.71 bits per heavy atom. The molecule has 0 unspecified atom stereocenters. The molecule has 86 valence electrons. The van der Waals surface area contributed by atoms with Crippen molar-refractivity contribution in [2.45, 2.75) is 25.7 Å². The Morgan fingerprint density at radius 1 is 1.00 bits per heavy atom. The smallest absolute Gasteiger partial charge is 0.227 e. The van der Waals surface area contributed by atoms with Crippen molar-refractivity contribution in [3.8, 4) is 0 Å². The van der Waals surface area contributed by atoms with E-state index in [1.165, 1.54) is 24.1 Å². The van der Waals surface area contributed by atoms with Crippen LogP contribution >= 0.6 is 0 Å². The van der Waals surface area contributed by atoms with Crippen LogP contribution in [0.15, 0.2) is 36.5 Å². The summed E-state index contributed by atoms with van der Waals surface area (Å²) >= 11 is 0. The Labute approximate surface area is 101 Å². The highest BCUT2D eigenvalue weighted by atomic mass is 15.1. The zero-order valence-electron chi connectivity index (χ0n) is 9.69. The summed E-state index contributed by atoms with van der Waals surface area (Å²) in [6, 6.07) is 10.0. The second kappa shape index (κ2) is 4.53. The van der Waals surface area contributed by atoms with Crippen LogP contribution in [-0.4, -0.2) is 9.97 Å². The minimum absolute atomic E-state index is 0.705. The van der Waals surface area contributed by atoms with E-state index in [-0.39, 0.29) is 0 Å². The molecule has 0 aliphatic heterocycles. The lowest BCUT2D eigenvalue weighted by Gasteiger charge is -2.15. The largest absolute Gasteiger partial charge is 0.324 e. The number of benzene rings is 1. The minimum atomic E-state index is 0.705. The first-order valence-corrected chi connectivity index (χ1v) is 6.09. The molecule has 1 N–H and O–H groups in total. The third kappa shape index (κ3) is 2.28. The highest BCUT2D eigenvalue weighted by molar-refractivity contribution is 5.52. The number of hydrogen-bond donors (Lipinski definition) is 1. The Balaban J connectivity index is 1.84. The van der Waals surface area contributed by atoms with Gasteiger partial charge in [-0.05, 0) is 43.4 Å². The minimum Gasteiger partial charge on any atom is -0.324 e. The summed E-state index contributed by atoms with van der Waals surface area (Å²) in [7, 11) is 0. The number of para-hydroxylation sites is 1. The predicted octanol–water partition coefficient (Wildman–Crippen LogP) is 3.10. The van der Waals surface area contributed by atoms with E-state index in [2.05, 4.69) is 15.3 Å². The van der Waals surface area contributed by atoms with Gasteiger partial charge < -0.3 is 5.32 Å². The summed E-state index contributed by atoms with van der Waals surface area (Å²) in [5, 5.41) is 3.23. The van der Waals surface area contributed by atoms with Gasteiger partial charge in [0.1, 0.15) is 0 Å². The van der Waals surface area contributed by atoms with Crippen LogP contribution in [0.3, 0.4) is 0 Å². The van der Waals surface area contributed by atoms with Crippen LogP contribution in [0.5, 0.6) is 0 Å². The third-order valence-corrected chi connectivity index (χ3v) is 3.09. The van der Waals surface area contributed by atoms with Crippen LogP contribution in [0, 0.1) is 0 Å². The molecule has 3 nitrogen and oxygen atoms in total. The van der Waals surface area contributed by atoms with Gasteiger partial charge in [0.2, 0.25) is 5.95 Å². The summed E-state index contributed by atoms with van der Waals surface area (Å²) < 4.78 is 0. The maximum Gasteiger partial charge on any atom is 0.227 e. The van der Waals surface area contributed by atoms with Crippen LogP contribution < -0.4 is 5.32 Å². The summed E-state index contributed by atoms with van der Waals surface area (Å²) in [4.78, 5) is 8.95. The van der Waals surface area contributed by atoms with E-state index in [9.17, 15) is 0 Å². The number of aromatic nitrogens is 2. The normalized spacial score (nSPS) is 14.1. The third-order valence-electron chi connectivity index (χ3n) is 3.09. The van der Waals surface area contributed by atoms with Gasteiger partial charge in [-0.25, -0.2) is 9.97 Å². The topological polar surface area (TPSA) is 37.8 Å². The van der Waals surface area contributed by atoms with Gasteiger partial charge in [0, 0.05) is 17.6 Å². The first-order chi connectivity index (χ1) is 8.42. The van der Waals surface area contributed by atoms with Gasteiger partial charge in [0.25, 0.3) is 0 Å². The molecule has 0 saturated carbocycles. The number of nitrogens with one attached hydrogen (secondary N) is 1. The molecular weight excluding hydrogens is 210 g/mol. The molecule has 3 rings (SSSR count). The molecule has 17 heavy (non-hydrogen) atoms. The molecule has 0 amide bonds. The van der Waals surface area contributed by atoms with Crippen molar-refractivity contribution < 1.29 is 0 Å². The van der Waals surface area contributed by atoms with Gasteiger partial charge in [0.15, 0.2) is 0 Å². The molecule has 0 atom stereocenters. The van der Waals surface area contributed by atoms with Gasteiger partial charge >= 0.3 is 0 Å². The first-order valence-electron chi connectivity index (χ1n) is 6.09. The van der Waals surface area contributed by atoms with E-state index >= 15 is 0 Å². The van der Waals surface area contributed by atoms with Crippen molar-refractivity contribution in [1.82, 2.24) is 9.97 Å². The van der Waals surface area contributed by atoms with Crippen molar-refractivity contribution in [3.63, 3.8) is 0 Å². The quantitative estimate of drug-likeness (QED) is 0.853. The maximum atomic E-state index is 4.59. The number of aryl methyl sites for hydroxylation is 2. The number of nitrogens with zero attached hydrogens (tertiary/aromatic N) is 2. The Bertz CT molecular complexity index is 508. The molecule has 0 bridgehead atoms. The Hall–Kier alpha value is -1.90. The molecule has 0 fully saturated rings. The second-order valence-corrected chi connectivity index (χ2v) is 4.36. The molecule has 2 aromatic rings. The molecular formula is C14H15N3. The van der Waals surface area contributed by atoms with Crippen LogP contribution in [0.25, 0.3) is 0 Å². The SMILES string of the molecule is c1ccc(Nc2ncc3c(n2)CCCC3)cc1. The second-order valence-electron chi connectivity index (χ2n) is 4.36. The fourth-order valence-electron chi connectivity index (χ4n) is 2.19. The molecule has 3 heteroatoms. The van der Waals surface area contributed by atoms with E-state index in [0.717, 1.165) is 18.5 Å². The van der Waals surface area contributed by atoms with Gasteiger partial charge in [0.05, 0.1) is 0 Å². The number of fused-ring (bicyclic) bond motifs is 1. The monoisotopic (exact) mass is 225 g/mol. The zero-order chi connectivity index (χ0) is 11.5. The van der Waals surface area contributed by atoms with Crippen molar-refractivity contribution in [1.29, 1.82) is 0 Å². The number of rotatable bonds is 2. The van der Waals surface area contributed by atoms with E-state index in [1.807, 2.05) is 36.5 Å². The molecule has 0 saturated heterocycles. The molecule has 1 heterocycles. The Morgan fingerprint density at radius 2 is 1.82 bits per heavy atom. The fraction of sp³-hybridized carbons (Fsp3) is 0.286. The van der Waals surface area contributed by atoms with E-state index < -0.39 is 0 Å². The highest BCUT2D eigenvalue weighted by Crippen LogP contribution is 2.20. The number of anilines is 2. The van der Waals surface area contributed by atoms with E-state index in [1.54, 1.807) is 0 Å². The molecule has 0 spiro atoms. The van der Waals surface area contributed by atoms with Crippen LogP contribution in [0.1, 0.15) is 24.1 Å². The number of hydrogen-bond acceptors (Lipinski definition) is 3. The fourth-order valence-corrected chi connectivity index (χ4v) is 2.19. The van der Waals surface area contributed by atoms with Crippen molar-refractivity contribution in [2.75, 3.05) is 5.32 Å². The van der Waals surface area contributed by atoms with Crippen LogP contribution in [0.2, 0.25) is 0 Å². The molecule has 1 aliphatic carbocycles. The standard InChI is InChI=1S/C14H15N3/c1-2-7-12(8-3-1)16-14-15-10-11-6-4-5-9-13(11)17-14/h1-3,7-8,10H,4-6,9H2,(H,15,16,17). The van der Waals surface area contributed by atoms with Crippen LogP contribution in [0.4, 0.5) is 11.6 Å².